The molecule has 1 heterocycles. The van der Waals surface area contributed by atoms with Gasteiger partial charge in [0, 0.05) is 30.3 Å². The molecule has 0 N–H and O–H groups in total. The van der Waals surface area contributed by atoms with Crippen LogP contribution >= 0.6 is 0 Å². The van der Waals surface area contributed by atoms with Crippen molar-refractivity contribution in [3.05, 3.63) is 0 Å². The number of ether oxygens (including phenoxy) is 1. The molecule has 0 aromatic heterocycles. The predicted molar refractivity (Wildman–Crippen MR) is 89.5 cm³/mol. The lowest BCUT2D eigenvalue weighted by atomic mass is 9.80. The quantitative estimate of drug-likeness (QED) is 0.489. The van der Waals surface area contributed by atoms with Gasteiger partial charge in [0.25, 0.3) is 0 Å². The number of rotatable bonds is 8. The van der Waals surface area contributed by atoms with E-state index in [0.717, 1.165) is 25.7 Å². The number of nitrogens with zero attached hydrogens (tertiary/aromatic N) is 1. The van der Waals surface area contributed by atoms with Gasteiger partial charge in [0.1, 0.15) is 6.10 Å². The lowest BCUT2D eigenvalue weighted by Crippen LogP contribution is -2.61. The van der Waals surface area contributed by atoms with Gasteiger partial charge in [-0.3, -0.25) is 4.79 Å². The molecule has 1 saturated heterocycles. The number of piperidine rings is 1. The van der Waals surface area contributed by atoms with E-state index in [1.54, 1.807) is 7.11 Å². The van der Waals surface area contributed by atoms with Crippen LogP contribution in [0.25, 0.3) is 0 Å². The molecule has 0 aliphatic carbocycles. The van der Waals surface area contributed by atoms with Crippen LogP contribution in [0.3, 0.4) is 0 Å². The Bertz CT molecular complexity index is 334. The van der Waals surface area contributed by atoms with Gasteiger partial charge in [0.05, 0.1) is 7.11 Å². The average Bonchev–Trinajstić information content (AvgIpc) is 2.35. The van der Waals surface area contributed by atoms with E-state index in [1.165, 1.54) is 19.3 Å². The van der Waals surface area contributed by atoms with Crippen molar-refractivity contribution < 1.29 is 14.4 Å². The summed E-state index contributed by atoms with van der Waals surface area (Å²) in [6.45, 7) is 10.8. The van der Waals surface area contributed by atoms with Gasteiger partial charge < -0.3 is 9.57 Å². The molecule has 22 heavy (non-hydrogen) atoms. The second-order valence-corrected chi connectivity index (χ2v) is 7.79. The molecule has 0 unspecified atom stereocenters. The number of hydrogen-bond acceptors (Lipinski definition) is 4. The molecule has 0 aromatic carbocycles. The Labute approximate surface area is 136 Å². The number of unbranched alkanes of at least 4 members (excludes halogenated alkanes) is 4. The average molecular weight is 313 g/mol. The summed E-state index contributed by atoms with van der Waals surface area (Å²) in [5.74, 6) is -0.0426. The van der Waals surface area contributed by atoms with E-state index < -0.39 is 0 Å². The largest absolute Gasteiger partial charge is 0.462 e. The van der Waals surface area contributed by atoms with Crippen molar-refractivity contribution in [2.75, 3.05) is 7.11 Å². The highest BCUT2D eigenvalue weighted by atomic mass is 16.7. The summed E-state index contributed by atoms with van der Waals surface area (Å²) in [6.07, 6.45) is 7.94. The van der Waals surface area contributed by atoms with Crippen LogP contribution in [0.5, 0.6) is 0 Å². The summed E-state index contributed by atoms with van der Waals surface area (Å²) in [5, 5.41) is 2.04. The van der Waals surface area contributed by atoms with Crippen LogP contribution < -0.4 is 0 Å². The summed E-state index contributed by atoms with van der Waals surface area (Å²) in [7, 11) is 1.71. The van der Waals surface area contributed by atoms with E-state index in [9.17, 15) is 4.79 Å². The molecule has 1 rings (SSSR count). The minimum atomic E-state index is -0.136. The molecule has 1 fully saturated rings. The first-order valence-corrected chi connectivity index (χ1v) is 8.77. The van der Waals surface area contributed by atoms with E-state index in [0.29, 0.717) is 6.42 Å². The van der Waals surface area contributed by atoms with E-state index in [2.05, 4.69) is 34.6 Å². The van der Waals surface area contributed by atoms with Gasteiger partial charge >= 0.3 is 5.97 Å². The lowest BCUT2D eigenvalue weighted by molar-refractivity contribution is -0.278. The van der Waals surface area contributed by atoms with Crippen molar-refractivity contribution >= 4 is 5.97 Å². The molecule has 0 saturated carbocycles. The summed E-state index contributed by atoms with van der Waals surface area (Å²) in [5.41, 5.74) is -0.273. The first kappa shape index (κ1) is 19.4. The van der Waals surface area contributed by atoms with Crippen LogP contribution in [0, 0.1) is 0 Å². The Morgan fingerprint density at radius 1 is 1.05 bits per heavy atom. The molecule has 4 heteroatoms. The Hall–Kier alpha value is -0.610. The van der Waals surface area contributed by atoms with Crippen molar-refractivity contribution in [3.8, 4) is 0 Å². The molecule has 0 aromatic rings. The van der Waals surface area contributed by atoms with Crippen LogP contribution in [0.1, 0.15) is 86.0 Å². The fourth-order valence-corrected chi connectivity index (χ4v) is 3.87. The molecule has 1 aliphatic heterocycles. The molecule has 0 radical (unpaired) electrons. The Morgan fingerprint density at radius 3 is 2.09 bits per heavy atom. The third-order valence-electron chi connectivity index (χ3n) is 4.52. The maximum Gasteiger partial charge on any atom is 0.306 e. The molecular weight excluding hydrogens is 278 g/mol. The highest BCUT2D eigenvalue weighted by molar-refractivity contribution is 5.69. The second kappa shape index (κ2) is 8.30. The summed E-state index contributed by atoms with van der Waals surface area (Å²) >= 11 is 0. The van der Waals surface area contributed by atoms with Crippen molar-refractivity contribution in [2.24, 2.45) is 0 Å². The Morgan fingerprint density at radius 2 is 1.59 bits per heavy atom. The van der Waals surface area contributed by atoms with Crippen LogP contribution in [0.2, 0.25) is 0 Å². The van der Waals surface area contributed by atoms with Gasteiger partial charge in [-0.25, -0.2) is 0 Å². The molecule has 0 bridgehead atoms. The molecule has 1 aliphatic rings. The molecule has 130 valence electrons. The van der Waals surface area contributed by atoms with Crippen molar-refractivity contribution in [1.82, 2.24) is 5.06 Å². The lowest BCUT2D eigenvalue weighted by Gasteiger charge is -2.52. The summed E-state index contributed by atoms with van der Waals surface area (Å²) in [6, 6.07) is 0. The van der Waals surface area contributed by atoms with E-state index in [1.807, 2.05) is 5.06 Å². The van der Waals surface area contributed by atoms with E-state index in [4.69, 9.17) is 9.57 Å². The number of carbonyl (C=O) groups excluding carboxylic acids is 1. The van der Waals surface area contributed by atoms with Gasteiger partial charge in [-0.05, 0) is 34.1 Å². The van der Waals surface area contributed by atoms with Crippen molar-refractivity contribution in [3.63, 3.8) is 0 Å². The molecule has 0 spiro atoms. The summed E-state index contributed by atoms with van der Waals surface area (Å²) in [4.78, 5) is 17.6. The standard InChI is InChI=1S/C18H35NO3/c1-7-8-9-10-11-12-16(20)22-15-13-17(2,3)19(21-6)18(4,5)14-15/h15H,7-14H2,1-6H3. The predicted octanol–water partition coefficient (Wildman–Crippen LogP) is 4.47. The minimum absolute atomic E-state index is 0.0143. The Kier molecular flexibility index (Phi) is 7.33. The van der Waals surface area contributed by atoms with Crippen LogP contribution in [-0.2, 0) is 14.4 Å². The summed E-state index contributed by atoms with van der Waals surface area (Å²) < 4.78 is 5.74. The third-order valence-corrected chi connectivity index (χ3v) is 4.52. The van der Waals surface area contributed by atoms with E-state index in [-0.39, 0.29) is 23.2 Å². The SMILES string of the molecule is CCCCCCCC(=O)OC1CC(C)(C)N(OC)C(C)(C)C1. The normalized spacial score (nSPS) is 21.7. The zero-order valence-electron chi connectivity index (χ0n) is 15.4. The zero-order chi connectivity index (χ0) is 16.8. The van der Waals surface area contributed by atoms with Gasteiger partial charge in [-0.1, -0.05) is 32.6 Å². The van der Waals surface area contributed by atoms with Gasteiger partial charge in [-0.2, -0.15) is 5.06 Å². The highest BCUT2D eigenvalue weighted by Crippen LogP contribution is 2.39. The molecular formula is C18H35NO3. The highest BCUT2D eigenvalue weighted by Gasteiger charge is 2.47. The first-order valence-electron chi connectivity index (χ1n) is 8.77. The second-order valence-electron chi connectivity index (χ2n) is 7.79. The Balaban J connectivity index is 2.44. The molecule has 4 nitrogen and oxygen atoms in total. The third kappa shape index (κ3) is 5.54. The number of esters is 1. The van der Waals surface area contributed by atoms with Crippen LogP contribution in [-0.4, -0.2) is 35.3 Å². The number of carbonyl (C=O) groups is 1. The monoisotopic (exact) mass is 313 g/mol. The van der Waals surface area contributed by atoms with Gasteiger partial charge in [0.15, 0.2) is 0 Å². The fraction of sp³-hybridized carbons (Fsp3) is 0.944. The topological polar surface area (TPSA) is 38.8 Å². The van der Waals surface area contributed by atoms with Crippen molar-refractivity contribution in [1.29, 1.82) is 0 Å². The first-order chi connectivity index (χ1) is 10.2. The van der Waals surface area contributed by atoms with Gasteiger partial charge in [-0.15, -0.1) is 0 Å². The zero-order valence-corrected chi connectivity index (χ0v) is 15.4. The maximum absolute atomic E-state index is 12.1. The molecule has 0 atom stereocenters. The minimum Gasteiger partial charge on any atom is -0.462 e. The number of hydrogen-bond donors (Lipinski definition) is 0. The van der Waals surface area contributed by atoms with E-state index >= 15 is 0 Å². The fourth-order valence-electron chi connectivity index (χ4n) is 3.87. The molecule has 0 amide bonds. The van der Waals surface area contributed by atoms with Crippen molar-refractivity contribution in [2.45, 2.75) is 103 Å². The smallest absolute Gasteiger partial charge is 0.306 e. The van der Waals surface area contributed by atoms with Crippen LogP contribution in [0.4, 0.5) is 0 Å². The van der Waals surface area contributed by atoms with Crippen LogP contribution in [0.15, 0.2) is 0 Å². The maximum atomic E-state index is 12.1. The number of hydroxylamine groups is 2. The van der Waals surface area contributed by atoms with Gasteiger partial charge in [0.2, 0.25) is 0 Å².